The summed E-state index contributed by atoms with van der Waals surface area (Å²) in [4.78, 5) is 2.86. The van der Waals surface area contributed by atoms with Crippen molar-refractivity contribution < 1.29 is 0 Å². The Bertz CT molecular complexity index is 481. The van der Waals surface area contributed by atoms with Crippen LogP contribution in [0.4, 0.5) is 0 Å². The Morgan fingerprint density at radius 2 is 0.947 bits per heavy atom. The van der Waals surface area contributed by atoms with E-state index in [9.17, 15) is 0 Å². The number of thioether (sulfide) groups is 2. The topological polar surface area (TPSA) is 0 Å². The lowest BCUT2D eigenvalue weighted by molar-refractivity contribution is 1.21. The van der Waals surface area contributed by atoms with E-state index in [1.54, 1.807) is 0 Å². The van der Waals surface area contributed by atoms with Crippen molar-refractivity contribution >= 4 is 23.5 Å². The minimum absolute atomic E-state index is 1.07. The van der Waals surface area contributed by atoms with Crippen LogP contribution in [0.5, 0.6) is 0 Å². The van der Waals surface area contributed by atoms with Gasteiger partial charge in [0.15, 0.2) is 0 Å². The van der Waals surface area contributed by atoms with Gasteiger partial charge in [-0.2, -0.15) is 0 Å². The molecule has 0 saturated heterocycles. The zero-order chi connectivity index (χ0) is 13.8. The lowest BCUT2D eigenvalue weighted by Crippen LogP contribution is -1.87. The van der Waals surface area contributed by atoms with E-state index < -0.39 is 0 Å². The molecule has 0 atom stereocenters. The van der Waals surface area contributed by atoms with Crippen LogP contribution in [0.15, 0.2) is 46.2 Å². The predicted octanol–water partition coefficient (Wildman–Crippen LogP) is 5.76. The van der Waals surface area contributed by atoms with Gasteiger partial charge in [-0.05, 0) is 49.9 Å². The average molecular weight is 288 g/mol. The zero-order valence-electron chi connectivity index (χ0n) is 12.0. The molecule has 0 heterocycles. The van der Waals surface area contributed by atoms with Crippen molar-refractivity contribution in [2.75, 3.05) is 5.08 Å². The van der Waals surface area contributed by atoms with Crippen molar-refractivity contribution in [1.29, 1.82) is 0 Å². The van der Waals surface area contributed by atoms with Gasteiger partial charge in [0, 0.05) is 14.9 Å². The highest BCUT2D eigenvalue weighted by Gasteiger charge is 2.06. The number of hydrogen-bond donors (Lipinski definition) is 0. The third-order valence-corrected chi connectivity index (χ3v) is 6.03. The van der Waals surface area contributed by atoms with Crippen molar-refractivity contribution in [1.82, 2.24) is 0 Å². The third-order valence-electron chi connectivity index (χ3n) is 3.22. The first-order valence-electron chi connectivity index (χ1n) is 6.47. The van der Waals surface area contributed by atoms with Crippen LogP contribution in [-0.2, 0) is 0 Å². The number of aryl methyl sites for hydroxylation is 4. The third kappa shape index (κ3) is 3.58. The summed E-state index contributed by atoms with van der Waals surface area (Å²) in [5, 5.41) is 1.07. The van der Waals surface area contributed by atoms with Gasteiger partial charge in [-0.3, -0.25) is 0 Å². The SMILES string of the molecule is Cc1cccc(C)c1SCSc1c(C)cccc1C. The largest absolute Gasteiger partial charge is 0.114 e. The van der Waals surface area contributed by atoms with E-state index in [2.05, 4.69) is 64.1 Å². The van der Waals surface area contributed by atoms with Gasteiger partial charge in [0.1, 0.15) is 0 Å². The lowest BCUT2D eigenvalue weighted by atomic mass is 10.2. The second-order valence-electron chi connectivity index (χ2n) is 4.85. The summed E-state index contributed by atoms with van der Waals surface area (Å²) in [6, 6.07) is 13.0. The molecule has 2 aromatic carbocycles. The highest BCUT2D eigenvalue weighted by atomic mass is 32.2. The summed E-state index contributed by atoms with van der Waals surface area (Å²) in [5.74, 6) is 0. The first-order chi connectivity index (χ1) is 9.09. The van der Waals surface area contributed by atoms with E-state index in [-0.39, 0.29) is 0 Å². The van der Waals surface area contributed by atoms with Crippen LogP contribution in [0.2, 0.25) is 0 Å². The first-order valence-corrected chi connectivity index (χ1v) is 8.44. The molecular weight excluding hydrogens is 268 g/mol. The average Bonchev–Trinajstić information content (AvgIpc) is 2.36. The molecule has 0 radical (unpaired) electrons. The zero-order valence-corrected chi connectivity index (χ0v) is 13.6. The van der Waals surface area contributed by atoms with Gasteiger partial charge in [-0.15, -0.1) is 23.5 Å². The van der Waals surface area contributed by atoms with Crippen LogP contribution in [0, 0.1) is 27.7 Å². The van der Waals surface area contributed by atoms with E-state index >= 15 is 0 Å². The molecule has 0 fully saturated rings. The van der Waals surface area contributed by atoms with Crippen LogP contribution < -0.4 is 0 Å². The van der Waals surface area contributed by atoms with Gasteiger partial charge in [0.2, 0.25) is 0 Å². The molecule has 2 aromatic rings. The summed E-state index contributed by atoms with van der Waals surface area (Å²) in [6.07, 6.45) is 0. The molecule has 0 spiro atoms. The molecule has 0 aliphatic carbocycles. The van der Waals surface area contributed by atoms with E-state index in [0.29, 0.717) is 0 Å². The van der Waals surface area contributed by atoms with Crippen molar-refractivity contribution in [3.8, 4) is 0 Å². The number of benzene rings is 2. The van der Waals surface area contributed by atoms with Crippen molar-refractivity contribution in [3.05, 3.63) is 58.7 Å². The summed E-state index contributed by atoms with van der Waals surface area (Å²) in [7, 11) is 0. The summed E-state index contributed by atoms with van der Waals surface area (Å²) >= 11 is 3.90. The molecule has 100 valence electrons. The summed E-state index contributed by atoms with van der Waals surface area (Å²) in [6.45, 7) is 8.77. The van der Waals surface area contributed by atoms with Gasteiger partial charge in [0.25, 0.3) is 0 Å². The fourth-order valence-electron chi connectivity index (χ4n) is 2.20. The summed E-state index contributed by atoms with van der Waals surface area (Å²) < 4.78 is 0. The molecule has 0 amide bonds. The van der Waals surface area contributed by atoms with Gasteiger partial charge in [-0.1, -0.05) is 36.4 Å². The molecule has 0 unspecified atom stereocenters. The second kappa shape index (κ2) is 6.53. The van der Waals surface area contributed by atoms with Gasteiger partial charge in [0.05, 0.1) is 0 Å². The minimum atomic E-state index is 1.07. The standard InChI is InChI=1S/C17H20S2/c1-12-7-5-8-13(2)16(12)18-11-19-17-14(3)9-6-10-15(17)4/h5-10H,11H2,1-4H3. The van der Waals surface area contributed by atoms with E-state index in [1.807, 2.05) is 23.5 Å². The van der Waals surface area contributed by atoms with Gasteiger partial charge < -0.3 is 0 Å². The molecule has 2 heteroatoms. The molecule has 0 bridgehead atoms. The molecule has 2 rings (SSSR count). The molecular formula is C17H20S2. The van der Waals surface area contributed by atoms with Crippen molar-refractivity contribution in [3.63, 3.8) is 0 Å². The molecule has 19 heavy (non-hydrogen) atoms. The maximum Gasteiger partial charge on any atom is 0.0487 e. The maximum atomic E-state index is 2.19. The Kier molecular flexibility index (Phi) is 5.00. The van der Waals surface area contributed by atoms with Gasteiger partial charge in [-0.25, -0.2) is 0 Å². The number of rotatable bonds is 4. The molecule has 0 N–H and O–H groups in total. The fraction of sp³-hybridized carbons (Fsp3) is 0.294. The molecule has 0 aromatic heterocycles. The smallest absolute Gasteiger partial charge is 0.0487 e. The monoisotopic (exact) mass is 288 g/mol. The normalized spacial score (nSPS) is 10.7. The molecule has 0 nitrogen and oxygen atoms in total. The Morgan fingerprint density at radius 1 is 0.632 bits per heavy atom. The molecule has 0 aliphatic rings. The van der Waals surface area contributed by atoms with Crippen molar-refractivity contribution in [2.45, 2.75) is 37.5 Å². The molecule has 0 saturated carbocycles. The van der Waals surface area contributed by atoms with Crippen LogP contribution in [0.3, 0.4) is 0 Å². The van der Waals surface area contributed by atoms with Crippen molar-refractivity contribution in [2.24, 2.45) is 0 Å². The van der Waals surface area contributed by atoms with Crippen LogP contribution in [-0.4, -0.2) is 5.08 Å². The van der Waals surface area contributed by atoms with E-state index in [1.165, 1.54) is 32.0 Å². The lowest BCUT2D eigenvalue weighted by Gasteiger charge is -2.11. The second-order valence-corrected chi connectivity index (χ2v) is 7.19. The number of hydrogen-bond acceptors (Lipinski definition) is 2. The van der Waals surface area contributed by atoms with Crippen LogP contribution in [0.25, 0.3) is 0 Å². The Balaban J connectivity index is 2.05. The van der Waals surface area contributed by atoms with Gasteiger partial charge >= 0.3 is 0 Å². The molecule has 0 aliphatic heterocycles. The van der Waals surface area contributed by atoms with Crippen LogP contribution >= 0.6 is 23.5 Å². The van der Waals surface area contributed by atoms with Crippen LogP contribution in [0.1, 0.15) is 22.3 Å². The Hall–Kier alpha value is -0.860. The fourth-order valence-corrected chi connectivity index (χ4v) is 4.56. The Morgan fingerprint density at radius 3 is 1.26 bits per heavy atom. The Labute approximate surface area is 125 Å². The highest BCUT2D eigenvalue weighted by Crippen LogP contribution is 2.34. The van der Waals surface area contributed by atoms with E-state index in [4.69, 9.17) is 0 Å². The quantitative estimate of drug-likeness (QED) is 0.518. The minimum Gasteiger partial charge on any atom is -0.114 e. The predicted molar refractivity (Wildman–Crippen MR) is 88.4 cm³/mol. The van der Waals surface area contributed by atoms with E-state index in [0.717, 1.165) is 5.08 Å². The first kappa shape index (κ1) is 14.5. The summed E-state index contributed by atoms with van der Waals surface area (Å²) in [5.41, 5.74) is 5.53. The highest BCUT2D eigenvalue weighted by molar-refractivity contribution is 8.16. The maximum absolute atomic E-state index is 2.19.